The van der Waals surface area contributed by atoms with E-state index < -0.39 is 0 Å². The van der Waals surface area contributed by atoms with Gasteiger partial charge in [-0.15, -0.1) is 0 Å². The van der Waals surface area contributed by atoms with Gasteiger partial charge in [-0.3, -0.25) is 4.79 Å². The molecule has 0 aromatic heterocycles. The Bertz CT molecular complexity index is 618. The van der Waals surface area contributed by atoms with Gasteiger partial charge in [0.05, 0.1) is 0 Å². The Morgan fingerprint density at radius 1 is 1.16 bits per heavy atom. The van der Waals surface area contributed by atoms with E-state index in [-0.39, 0.29) is 5.91 Å². The molecular formula is C15H15ClN2O. The van der Waals surface area contributed by atoms with Gasteiger partial charge in [0.1, 0.15) is 0 Å². The van der Waals surface area contributed by atoms with Gasteiger partial charge in [-0.05, 0) is 61.4 Å². The molecule has 0 unspecified atom stereocenters. The number of nitrogens with one attached hydrogen (secondary N) is 1. The molecule has 19 heavy (non-hydrogen) atoms. The van der Waals surface area contributed by atoms with Crippen LogP contribution in [0.4, 0.5) is 11.4 Å². The summed E-state index contributed by atoms with van der Waals surface area (Å²) in [5.41, 5.74) is 9.49. The lowest BCUT2D eigenvalue weighted by Crippen LogP contribution is -2.13. The van der Waals surface area contributed by atoms with Crippen LogP contribution >= 0.6 is 11.6 Å². The molecule has 0 fully saturated rings. The number of amides is 1. The predicted octanol–water partition coefficient (Wildman–Crippen LogP) is 3.79. The SMILES string of the molecule is Cc1cc(N)cc(C(=O)Nc2ccc(Cl)cc2C)c1. The van der Waals surface area contributed by atoms with Crippen LogP contribution in [0.15, 0.2) is 36.4 Å². The minimum Gasteiger partial charge on any atom is -0.399 e. The summed E-state index contributed by atoms with van der Waals surface area (Å²) in [6, 6.07) is 10.6. The molecular weight excluding hydrogens is 260 g/mol. The minimum atomic E-state index is -0.180. The number of carbonyl (C=O) groups is 1. The minimum absolute atomic E-state index is 0.180. The molecule has 0 radical (unpaired) electrons. The van der Waals surface area contributed by atoms with E-state index in [0.29, 0.717) is 16.3 Å². The van der Waals surface area contributed by atoms with Crippen molar-refractivity contribution in [2.75, 3.05) is 11.1 Å². The second kappa shape index (κ2) is 5.33. The molecule has 0 aliphatic rings. The van der Waals surface area contributed by atoms with E-state index in [1.165, 1.54) is 0 Å². The summed E-state index contributed by atoms with van der Waals surface area (Å²) < 4.78 is 0. The molecule has 0 spiro atoms. The van der Waals surface area contributed by atoms with Gasteiger partial charge in [0.25, 0.3) is 5.91 Å². The van der Waals surface area contributed by atoms with Gasteiger partial charge in [-0.2, -0.15) is 0 Å². The number of carbonyl (C=O) groups excluding carboxylic acids is 1. The average molecular weight is 275 g/mol. The van der Waals surface area contributed by atoms with Gasteiger partial charge in [-0.1, -0.05) is 11.6 Å². The molecule has 0 aliphatic carbocycles. The molecule has 0 heterocycles. The molecule has 0 saturated heterocycles. The van der Waals surface area contributed by atoms with Gasteiger partial charge >= 0.3 is 0 Å². The summed E-state index contributed by atoms with van der Waals surface area (Å²) in [5.74, 6) is -0.180. The maximum atomic E-state index is 12.2. The summed E-state index contributed by atoms with van der Waals surface area (Å²) >= 11 is 5.88. The number of halogens is 1. The molecule has 3 N–H and O–H groups in total. The smallest absolute Gasteiger partial charge is 0.255 e. The van der Waals surface area contributed by atoms with Crippen molar-refractivity contribution < 1.29 is 4.79 Å². The largest absolute Gasteiger partial charge is 0.399 e. The van der Waals surface area contributed by atoms with E-state index in [4.69, 9.17) is 17.3 Å². The highest BCUT2D eigenvalue weighted by Gasteiger charge is 2.09. The van der Waals surface area contributed by atoms with E-state index in [9.17, 15) is 4.79 Å². The number of nitrogen functional groups attached to an aromatic ring is 1. The van der Waals surface area contributed by atoms with Crippen molar-refractivity contribution in [3.05, 3.63) is 58.1 Å². The number of anilines is 2. The zero-order chi connectivity index (χ0) is 14.0. The molecule has 2 rings (SSSR count). The molecule has 1 amide bonds. The van der Waals surface area contributed by atoms with Crippen LogP contribution in [-0.4, -0.2) is 5.91 Å². The molecule has 0 atom stereocenters. The van der Waals surface area contributed by atoms with Gasteiger partial charge in [0.15, 0.2) is 0 Å². The highest BCUT2D eigenvalue weighted by molar-refractivity contribution is 6.30. The van der Waals surface area contributed by atoms with Crippen LogP contribution in [0.1, 0.15) is 21.5 Å². The van der Waals surface area contributed by atoms with Crippen LogP contribution in [0.25, 0.3) is 0 Å². The number of benzene rings is 2. The molecule has 2 aromatic carbocycles. The number of aryl methyl sites for hydroxylation is 2. The summed E-state index contributed by atoms with van der Waals surface area (Å²) in [6.07, 6.45) is 0. The fraction of sp³-hybridized carbons (Fsp3) is 0.133. The van der Waals surface area contributed by atoms with Crippen molar-refractivity contribution in [3.8, 4) is 0 Å². The number of hydrogen-bond donors (Lipinski definition) is 2. The monoisotopic (exact) mass is 274 g/mol. The van der Waals surface area contributed by atoms with Crippen molar-refractivity contribution in [2.24, 2.45) is 0 Å². The van der Waals surface area contributed by atoms with E-state index in [2.05, 4.69) is 5.32 Å². The van der Waals surface area contributed by atoms with Crippen molar-refractivity contribution in [3.63, 3.8) is 0 Å². The Labute approximate surface area is 117 Å². The standard InChI is InChI=1S/C15H15ClN2O/c1-9-5-11(8-13(17)6-9)15(19)18-14-4-3-12(16)7-10(14)2/h3-8H,17H2,1-2H3,(H,18,19). The molecule has 4 heteroatoms. The topological polar surface area (TPSA) is 55.1 Å². The third-order valence-corrected chi connectivity index (χ3v) is 3.03. The predicted molar refractivity (Wildman–Crippen MR) is 79.7 cm³/mol. The first-order chi connectivity index (χ1) is 8.95. The van der Waals surface area contributed by atoms with Crippen LogP contribution < -0.4 is 11.1 Å². The summed E-state index contributed by atoms with van der Waals surface area (Å²) in [6.45, 7) is 3.80. The molecule has 0 aliphatic heterocycles. The normalized spacial score (nSPS) is 10.3. The van der Waals surface area contributed by atoms with E-state index >= 15 is 0 Å². The second-order valence-corrected chi connectivity index (χ2v) is 4.98. The Morgan fingerprint density at radius 2 is 1.89 bits per heavy atom. The Balaban J connectivity index is 2.25. The number of rotatable bonds is 2. The fourth-order valence-electron chi connectivity index (χ4n) is 1.91. The van der Waals surface area contributed by atoms with Gasteiger partial charge in [0.2, 0.25) is 0 Å². The summed E-state index contributed by atoms with van der Waals surface area (Å²) in [7, 11) is 0. The van der Waals surface area contributed by atoms with Crippen molar-refractivity contribution in [1.29, 1.82) is 0 Å². The number of hydrogen-bond acceptors (Lipinski definition) is 2. The lowest BCUT2D eigenvalue weighted by atomic mass is 10.1. The fourth-order valence-corrected chi connectivity index (χ4v) is 2.13. The molecule has 0 bridgehead atoms. The average Bonchev–Trinajstić information content (AvgIpc) is 2.31. The highest BCUT2D eigenvalue weighted by atomic mass is 35.5. The van der Waals surface area contributed by atoms with Crippen molar-refractivity contribution >= 4 is 28.9 Å². The summed E-state index contributed by atoms with van der Waals surface area (Å²) in [5, 5.41) is 3.50. The van der Waals surface area contributed by atoms with Gasteiger partial charge in [-0.25, -0.2) is 0 Å². The molecule has 0 saturated carbocycles. The van der Waals surface area contributed by atoms with Crippen molar-refractivity contribution in [1.82, 2.24) is 0 Å². The first-order valence-corrected chi connectivity index (χ1v) is 6.28. The zero-order valence-corrected chi connectivity index (χ0v) is 11.6. The van der Waals surface area contributed by atoms with Gasteiger partial charge < -0.3 is 11.1 Å². The molecule has 3 nitrogen and oxygen atoms in total. The van der Waals surface area contributed by atoms with Crippen LogP contribution in [0.2, 0.25) is 5.02 Å². The first-order valence-electron chi connectivity index (χ1n) is 5.90. The third-order valence-electron chi connectivity index (χ3n) is 2.80. The molecule has 2 aromatic rings. The van der Waals surface area contributed by atoms with E-state index in [1.54, 1.807) is 24.3 Å². The van der Waals surface area contributed by atoms with Crippen LogP contribution in [0.3, 0.4) is 0 Å². The second-order valence-electron chi connectivity index (χ2n) is 4.55. The van der Waals surface area contributed by atoms with Gasteiger partial charge in [0, 0.05) is 22.0 Å². The summed E-state index contributed by atoms with van der Waals surface area (Å²) in [4.78, 5) is 12.2. The lowest BCUT2D eigenvalue weighted by Gasteiger charge is -2.09. The van der Waals surface area contributed by atoms with Crippen LogP contribution in [0, 0.1) is 13.8 Å². The third kappa shape index (κ3) is 3.26. The van der Waals surface area contributed by atoms with Crippen LogP contribution in [0.5, 0.6) is 0 Å². The Hall–Kier alpha value is -2.00. The Kier molecular flexibility index (Phi) is 3.76. The van der Waals surface area contributed by atoms with E-state index in [0.717, 1.165) is 16.8 Å². The van der Waals surface area contributed by atoms with E-state index in [1.807, 2.05) is 26.0 Å². The maximum Gasteiger partial charge on any atom is 0.255 e. The maximum absolute atomic E-state index is 12.2. The highest BCUT2D eigenvalue weighted by Crippen LogP contribution is 2.21. The van der Waals surface area contributed by atoms with Crippen LogP contribution in [-0.2, 0) is 0 Å². The van der Waals surface area contributed by atoms with Crippen molar-refractivity contribution in [2.45, 2.75) is 13.8 Å². The zero-order valence-electron chi connectivity index (χ0n) is 10.8. The first kappa shape index (κ1) is 13.4. The lowest BCUT2D eigenvalue weighted by molar-refractivity contribution is 0.102. The Morgan fingerprint density at radius 3 is 2.53 bits per heavy atom. The molecule has 98 valence electrons. The number of nitrogens with two attached hydrogens (primary N) is 1. The quantitative estimate of drug-likeness (QED) is 0.819.